The van der Waals surface area contributed by atoms with E-state index in [4.69, 9.17) is 17.3 Å². The minimum atomic E-state index is -0.678. The summed E-state index contributed by atoms with van der Waals surface area (Å²) in [5.41, 5.74) is 6.20. The Kier molecular flexibility index (Phi) is 6.12. The van der Waals surface area contributed by atoms with E-state index in [1.54, 1.807) is 29.2 Å². The summed E-state index contributed by atoms with van der Waals surface area (Å²) in [4.78, 5) is 28.6. The van der Waals surface area contributed by atoms with Crippen molar-refractivity contribution in [3.63, 3.8) is 0 Å². The van der Waals surface area contributed by atoms with Crippen LogP contribution in [0.1, 0.15) is 36.0 Å². The Morgan fingerprint density at radius 2 is 1.46 bits per heavy atom. The summed E-state index contributed by atoms with van der Waals surface area (Å²) in [5, 5.41) is 0.613. The third kappa shape index (κ3) is 3.85. The number of hydrogen-bond acceptors (Lipinski definition) is 3. The summed E-state index contributed by atoms with van der Waals surface area (Å²) in [6.45, 7) is 2.20. The van der Waals surface area contributed by atoms with Crippen LogP contribution in [-0.4, -0.2) is 53.3 Å². The number of benzene rings is 1. The van der Waals surface area contributed by atoms with Crippen molar-refractivity contribution in [1.82, 2.24) is 9.80 Å². The van der Waals surface area contributed by atoms with Crippen molar-refractivity contribution in [2.45, 2.75) is 31.2 Å². The van der Waals surface area contributed by atoms with Crippen molar-refractivity contribution >= 4 is 35.8 Å². The summed E-state index contributed by atoms with van der Waals surface area (Å²) < 4.78 is 0. The second kappa shape index (κ2) is 7.72. The van der Waals surface area contributed by atoms with E-state index in [9.17, 15) is 9.59 Å². The minimum Gasteiger partial charge on any atom is -0.338 e. The third-order valence-electron chi connectivity index (χ3n) is 4.87. The van der Waals surface area contributed by atoms with Gasteiger partial charge in [-0.2, -0.15) is 0 Å². The molecule has 1 saturated heterocycles. The second-order valence-corrected chi connectivity index (χ2v) is 6.89. The lowest BCUT2D eigenvalue weighted by atomic mass is 9.97. The molecule has 2 fully saturated rings. The predicted octanol–water partition coefficient (Wildman–Crippen LogP) is 2.32. The molecule has 2 N–H and O–H groups in total. The van der Waals surface area contributed by atoms with Crippen molar-refractivity contribution < 1.29 is 9.59 Å². The molecule has 1 saturated carbocycles. The van der Waals surface area contributed by atoms with Crippen molar-refractivity contribution in [2.75, 3.05) is 26.2 Å². The van der Waals surface area contributed by atoms with Crippen LogP contribution in [0.4, 0.5) is 0 Å². The lowest BCUT2D eigenvalue weighted by Gasteiger charge is -2.38. The Hall–Kier alpha value is -1.30. The normalized spacial score (nSPS) is 19.8. The highest BCUT2D eigenvalue weighted by Crippen LogP contribution is 2.29. The number of nitrogens with zero attached hydrogens (tertiary/aromatic N) is 2. The van der Waals surface area contributed by atoms with Gasteiger partial charge in [-0.15, -0.1) is 12.4 Å². The summed E-state index contributed by atoms with van der Waals surface area (Å²) >= 11 is 5.85. The maximum atomic E-state index is 12.6. The van der Waals surface area contributed by atoms with Crippen molar-refractivity contribution in [3.8, 4) is 0 Å². The van der Waals surface area contributed by atoms with Gasteiger partial charge in [-0.1, -0.05) is 24.4 Å². The molecule has 1 aliphatic heterocycles. The quantitative estimate of drug-likeness (QED) is 0.867. The Labute approximate surface area is 153 Å². The molecular weight excluding hydrogens is 349 g/mol. The highest BCUT2D eigenvalue weighted by atomic mass is 35.5. The molecule has 0 bridgehead atoms. The minimum absolute atomic E-state index is 0. The van der Waals surface area contributed by atoms with Gasteiger partial charge in [-0.05, 0) is 37.1 Å². The zero-order chi connectivity index (χ0) is 16.4. The molecule has 24 heavy (non-hydrogen) atoms. The van der Waals surface area contributed by atoms with E-state index in [2.05, 4.69) is 0 Å². The summed E-state index contributed by atoms with van der Waals surface area (Å²) in [7, 11) is 0. The molecule has 2 amide bonds. The Morgan fingerprint density at radius 1 is 0.958 bits per heavy atom. The van der Waals surface area contributed by atoms with Crippen LogP contribution in [0, 0.1) is 0 Å². The number of carbonyl (C=O) groups is 2. The van der Waals surface area contributed by atoms with E-state index < -0.39 is 5.54 Å². The summed E-state index contributed by atoms with van der Waals surface area (Å²) in [5.74, 6) is 0.0330. The Bertz CT molecular complexity index is 592. The summed E-state index contributed by atoms with van der Waals surface area (Å²) in [6.07, 6.45) is 3.60. The van der Waals surface area contributed by atoms with E-state index in [0.717, 1.165) is 25.7 Å². The average molecular weight is 372 g/mol. The number of piperazine rings is 1. The fourth-order valence-corrected chi connectivity index (χ4v) is 3.55. The van der Waals surface area contributed by atoms with E-state index in [1.807, 2.05) is 4.90 Å². The van der Waals surface area contributed by atoms with Crippen molar-refractivity contribution in [3.05, 3.63) is 34.9 Å². The van der Waals surface area contributed by atoms with Crippen LogP contribution >= 0.6 is 24.0 Å². The van der Waals surface area contributed by atoms with Crippen LogP contribution in [0.5, 0.6) is 0 Å². The van der Waals surface area contributed by atoms with Crippen LogP contribution in [0.15, 0.2) is 24.3 Å². The monoisotopic (exact) mass is 371 g/mol. The van der Waals surface area contributed by atoms with Gasteiger partial charge in [-0.3, -0.25) is 9.59 Å². The molecule has 2 aliphatic rings. The molecule has 1 aromatic rings. The molecule has 0 radical (unpaired) electrons. The number of rotatable bonds is 2. The van der Waals surface area contributed by atoms with Crippen molar-refractivity contribution in [2.24, 2.45) is 5.73 Å². The van der Waals surface area contributed by atoms with Gasteiger partial charge in [0.25, 0.3) is 5.91 Å². The largest absolute Gasteiger partial charge is 0.338 e. The van der Waals surface area contributed by atoms with Gasteiger partial charge in [0.2, 0.25) is 5.91 Å². The van der Waals surface area contributed by atoms with Gasteiger partial charge in [0.05, 0.1) is 5.54 Å². The highest BCUT2D eigenvalue weighted by Gasteiger charge is 2.40. The molecule has 1 heterocycles. The number of hydrogen-bond donors (Lipinski definition) is 1. The van der Waals surface area contributed by atoms with E-state index in [1.165, 1.54) is 0 Å². The van der Waals surface area contributed by atoms with Crippen LogP contribution in [0.3, 0.4) is 0 Å². The molecule has 0 atom stereocenters. The zero-order valence-electron chi connectivity index (χ0n) is 13.5. The summed E-state index contributed by atoms with van der Waals surface area (Å²) in [6, 6.07) is 6.89. The SMILES string of the molecule is Cl.NC1(C(=O)N2CCN(C(=O)c3ccc(Cl)cc3)CC2)CCCC1. The smallest absolute Gasteiger partial charge is 0.253 e. The Balaban J connectivity index is 0.00000208. The second-order valence-electron chi connectivity index (χ2n) is 6.45. The van der Waals surface area contributed by atoms with Gasteiger partial charge < -0.3 is 15.5 Å². The standard InChI is InChI=1S/C17H22ClN3O2.ClH/c18-14-5-3-13(4-6-14)15(22)20-9-11-21(12-10-20)16(23)17(19)7-1-2-8-17;/h3-6H,1-2,7-12,19H2;1H. The predicted molar refractivity (Wildman–Crippen MR) is 96.6 cm³/mol. The van der Waals surface area contributed by atoms with E-state index in [0.29, 0.717) is 36.8 Å². The van der Waals surface area contributed by atoms with Gasteiger partial charge >= 0.3 is 0 Å². The molecule has 0 unspecified atom stereocenters. The molecule has 7 heteroatoms. The molecule has 3 rings (SSSR count). The lowest BCUT2D eigenvalue weighted by molar-refractivity contribution is -0.138. The maximum Gasteiger partial charge on any atom is 0.253 e. The molecular formula is C17H23Cl2N3O2. The molecule has 1 aliphatic carbocycles. The maximum absolute atomic E-state index is 12.6. The van der Waals surface area contributed by atoms with Gasteiger partial charge in [0, 0.05) is 36.8 Å². The first-order valence-electron chi connectivity index (χ1n) is 8.13. The fraction of sp³-hybridized carbons (Fsp3) is 0.529. The molecule has 132 valence electrons. The third-order valence-corrected chi connectivity index (χ3v) is 5.12. The van der Waals surface area contributed by atoms with Crippen LogP contribution in [-0.2, 0) is 4.79 Å². The highest BCUT2D eigenvalue weighted by molar-refractivity contribution is 6.30. The number of halogens is 2. The van der Waals surface area contributed by atoms with Gasteiger partial charge in [-0.25, -0.2) is 0 Å². The lowest BCUT2D eigenvalue weighted by Crippen LogP contribution is -2.59. The van der Waals surface area contributed by atoms with Crippen LogP contribution < -0.4 is 5.73 Å². The average Bonchev–Trinajstić information content (AvgIpc) is 3.02. The number of nitrogens with two attached hydrogens (primary N) is 1. The fourth-order valence-electron chi connectivity index (χ4n) is 3.42. The number of carbonyl (C=O) groups excluding carboxylic acids is 2. The van der Waals surface area contributed by atoms with Gasteiger partial charge in [0.15, 0.2) is 0 Å². The first kappa shape index (κ1) is 19.0. The van der Waals surface area contributed by atoms with Crippen molar-refractivity contribution in [1.29, 1.82) is 0 Å². The van der Waals surface area contributed by atoms with E-state index in [-0.39, 0.29) is 24.2 Å². The molecule has 0 spiro atoms. The first-order chi connectivity index (χ1) is 11.0. The van der Waals surface area contributed by atoms with E-state index >= 15 is 0 Å². The topological polar surface area (TPSA) is 66.6 Å². The first-order valence-corrected chi connectivity index (χ1v) is 8.50. The molecule has 1 aromatic carbocycles. The Morgan fingerprint density at radius 3 is 2.00 bits per heavy atom. The van der Waals surface area contributed by atoms with Crippen LogP contribution in [0.2, 0.25) is 5.02 Å². The molecule has 5 nitrogen and oxygen atoms in total. The van der Waals surface area contributed by atoms with Crippen LogP contribution in [0.25, 0.3) is 0 Å². The molecule has 0 aromatic heterocycles. The number of amides is 2. The van der Waals surface area contributed by atoms with Gasteiger partial charge in [0.1, 0.15) is 0 Å². The zero-order valence-corrected chi connectivity index (χ0v) is 15.1.